The number of nitrogens with zero attached hydrogens (tertiary/aromatic N) is 1. The monoisotopic (exact) mass is 201 g/mol. The van der Waals surface area contributed by atoms with E-state index in [-0.39, 0.29) is 5.91 Å². The maximum atomic E-state index is 11.7. The van der Waals surface area contributed by atoms with Crippen molar-refractivity contribution in [3.8, 4) is 0 Å². The maximum Gasteiger partial charge on any atom is 0.241 e. The second-order valence-electron chi connectivity index (χ2n) is 4.75. The van der Waals surface area contributed by atoms with Crippen molar-refractivity contribution in [3.63, 3.8) is 0 Å². The van der Waals surface area contributed by atoms with Crippen molar-refractivity contribution in [3.05, 3.63) is 34.9 Å². The van der Waals surface area contributed by atoms with Gasteiger partial charge in [-0.2, -0.15) is 0 Å². The molecule has 0 spiro atoms. The van der Waals surface area contributed by atoms with Crippen LogP contribution < -0.4 is 0 Å². The molecule has 0 aliphatic carbocycles. The molecule has 2 nitrogen and oxygen atoms in total. The number of hydrogen-bond acceptors (Lipinski definition) is 1. The van der Waals surface area contributed by atoms with Gasteiger partial charge in [0.1, 0.15) is 0 Å². The van der Waals surface area contributed by atoms with E-state index in [1.807, 2.05) is 14.0 Å². The highest BCUT2D eigenvalue weighted by atomic mass is 16.2. The van der Waals surface area contributed by atoms with E-state index in [4.69, 9.17) is 0 Å². The Morgan fingerprint density at radius 1 is 1.47 bits per heavy atom. The van der Waals surface area contributed by atoms with Crippen molar-refractivity contribution in [2.45, 2.75) is 26.8 Å². The summed E-state index contributed by atoms with van der Waals surface area (Å²) >= 11 is 0. The Morgan fingerprint density at radius 3 is 2.87 bits per heavy atom. The van der Waals surface area contributed by atoms with E-state index in [0.29, 0.717) is 5.92 Å². The summed E-state index contributed by atoms with van der Waals surface area (Å²) in [6, 6.07) is 6.23. The molecule has 1 heterocycles. The van der Waals surface area contributed by atoms with E-state index in [9.17, 15) is 4.79 Å². The predicted octanol–water partition coefficient (Wildman–Crippen LogP) is 1.39. The van der Waals surface area contributed by atoms with Crippen molar-refractivity contribution < 1.29 is 4.79 Å². The minimum Gasteiger partial charge on any atom is -0.386 e. The van der Waals surface area contributed by atoms with Crippen molar-refractivity contribution in [1.29, 1.82) is 0 Å². The highest BCUT2D eigenvalue weighted by Crippen LogP contribution is 2.23. The van der Waals surface area contributed by atoms with Gasteiger partial charge in [0.2, 0.25) is 13.9 Å². The van der Waals surface area contributed by atoms with Gasteiger partial charge in [-0.15, -0.1) is 0 Å². The van der Waals surface area contributed by atoms with Crippen LogP contribution in [0, 0.1) is 5.92 Å². The Hall–Kier alpha value is -1.25. The van der Waals surface area contributed by atoms with Crippen LogP contribution in [0.2, 0.25) is 0 Å². The first kappa shape index (κ1) is 10.3. The molecule has 78 valence electrons. The fourth-order valence-electron chi connectivity index (χ4n) is 2.12. The third-order valence-corrected chi connectivity index (χ3v) is 2.80. The van der Waals surface area contributed by atoms with Crippen LogP contribution in [-0.2, 0) is 13.0 Å². The van der Waals surface area contributed by atoms with E-state index in [1.165, 1.54) is 11.1 Å². The van der Waals surface area contributed by atoms with E-state index in [2.05, 4.69) is 26.0 Å². The van der Waals surface area contributed by atoms with E-state index in [1.54, 1.807) is 4.81 Å². The lowest BCUT2D eigenvalue weighted by Gasteiger charge is -2.06. The molecule has 1 amide bonds. The second-order valence-corrected chi connectivity index (χ2v) is 4.75. The molecule has 3 heteroatoms. The molecule has 1 aliphatic rings. The van der Waals surface area contributed by atoms with Gasteiger partial charge >= 0.3 is 0 Å². The molecule has 0 saturated heterocycles. The van der Waals surface area contributed by atoms with Gasteiger partial charge in [-0.1, -0.05) is 26.0 Å². The molecule has 0 unspecified atom stereocenters. The third-order valence-electron chi connectivity index (χ3n) is 2.80. The highest BCUT2D eigenvalue weighted by molar-refractivity contribution is 6.19. The summed E-state index contributed by atoms with van der Waals surface area (Å²) in [5, 5.41) is 0. The molecule has 0 bridgehead atoms. The van der Waals surface area contributed by atoms with Crippen LogP contribution in [0.5, 0.6) is 0 Å². The first-order valence-corrected chi connectivity index (χ1v) is 5.45. The molecular formula is C12H16BNO. The lowest BCUT2D eigenvalue weighted by Crippen LogP contribution is -2.19. The molecule has 0 atom stereocenters. The number of carbonyl (C=O) groups is 1. The van der Waals surface area contributed by atoms with Gasteiger partial charge in [0.25, 0.3) is 0 Å². The smallest absolute Gasteiger partial charge is 0.241 e. The summed E-state index contributed by atoms with van der Waals surface area (Å²) in [4.78, 5) is 13.4. The molecule has 0 N–H and O–H groups in total. The van der Waals surface area contributed by atoms with Crippen LogP contribution in [0.25, 0.3) is 0 Å². The average molecular weight is 201 g/mol. The van der Waals surface area contributed by atoms with Gasteiger partial charge < -0.3 is 4.81 Å². The largest absolute Gasteiger partial charge is 0.386 e. The number of amides is 1. The van der Waals surface area contributed by atoms with Gasteiger partial charge in [-0.05, 0) is 29.5 Å². The van der Waals surface area contributed by atoms with Gasteiger partial charge in [0, 0.05) is 12.1 Å². The summed E-state index contributed by atoms with van der Waals surface area (Å²) in [5.74, 6) is 0.819. The Kier molecular flexibility index (Phi) is 2.55. The number of hydrogen-bond donors (Lipinski definition) is 0. The zero-order valence-corrected chi connectivity index (χ0v) is 9.58. The molecule has 2 rings (SSSR count). The summed E-state index contributed by atoms with van der Waals surface area (Å²) in [5.41, 5.74) is 3.40. The van der Waals surface area contributed by atoms with Crippen LogP contribution in [0.15, 0.2) is 18.2 Å². The first-order valence-electron chi connectivity index (χ1n) is 5.45. The third kappa shape index (κ3) is 1.92. The van der Waals surface area contributed by atoms with Gasteiger partial charge in [0.05, 0.1) is 0 Å². The standard InChI is InChI=1S/C12H16BNO/c1-8(2)5-9-3-4-11-10(6-9)7-14(13)12(11)15/h3-4,6,8H,5,7,13H2,1-2H3. The molecule has 0 aromatic heterocycles. The second kappa shape index (κ2) is 3.72. The van der Waals surface area contributed by atoms with Crippen molar-refractivity contribution >= 4 is 13.9 Å². The topological polar surface area (TPSA) is 20.3 Å². The van der Waals surface area contributed by atoms with Gasteiger partial charge in [-0.25, -0.2) is 0 Å². The van der Waals surface area contributed by atoms with E-state index in [0.717, 1.165) is 18.5 Å². The van der Waals surface area contributed by atoms with Crippen LogP contribution in [0.3, 0.4) is 0 Å². The summed E-state index contributed by atoms with van der Waals surface area (Å²) in [7, 11) is 1.85. The zero-order chi connectivity index (χ0) is 11.0. The van der Waals surface area contributed by atoms with Crippen LogP contribution >= 0.6 is 0 Å². The Bertz CT molecular complexity index is 401. The Morgan fingerprint density at radius 2 is 2.20 bits per heavy atom. The first-order chi connectivity index (χ1) is 7.08. The van der Waals surface area contributed by atoms with Crippen LogP contribution in [0.1, 0.15) is 35.3 Å². The predicted molar refractivity (Wildman–Crippen MR) is 63.4 cm³/mol. The normalized spacial score (nSPS) is 14.9. The minimum absolute atomic E-state index is 0.154. The van der Waals surface area contributed by atoms with Crippen molar-refractivity contribution in [2.75, 3.05) is 0 Å². The average Bonchev–Trinajstić information content (AvgIpc) is 2.41. The number of carbonyl (C=O) groups excluding carboxylic acids is 1. The summed E-state index contributed by atoms with van der Waals surface area (Å²) < 4.78 is 0. The van der Waals surface area contributed by atoms with Gasteiger partial charge in [-0.3, -0.25) is 4.79 Å². The maximum absolute atomic E-state index is 11.7. The van der Waals surface area contributed by atoms with Crippen LogP contribution in [0.4, 0.5) is 0 Å². The number of fused-ring (bicyclic) bond motifs is 1. The SMILES string of the molecule is BN1Cc2cc(CC(C)C)ccc2C1=O. The molecule has 0 fully saturated rings. The minimum atomic E-state index is 0.154. The van der Waals surface area contributed by atoms with Crippen molar-refractivity contribution in [2.24, 2.45) is 5.92 Å². The Labute approximate surface area is 91.7 Å². The fraction of sp³-hybridized carbons (Fsp3) is 0.417. The molecule has 0 saturated carbocycles. The number of rotatable bonds is 2. The lowest BCUT2D eigenvalue weighted by molar-refractivity contribution is 0.0880. The fourth-order valence-corrected chi connectivity index (χ4v) is 2.12. The van der Waals surface area contributed by atoms with E-state index < -0.39 is 0 Å². The molecule has 15 heavy (non-hydrogen) atoms. The lowest BCUT2D eigenvalue weighted by atomic mass is 9.99. The summed E-state index contributed by atoms with van der Waals surface area (Å²) in [6.07, 6.45) is 1.09. The molecular weight excluding hydrogens is 185 g/mol. The highest BCUT2D eigenvalue weighted by Gasteiger charge is 2.23. The Balaban J connectivity index is 2.29. The summed E-state index contributed by atoms with van der Waals surface area (Å²) in [6.45, 7) is 5.19. The van der Waals surface area contributed by atoms with E-state index >= 15 is 0 Å². The molecule has 1 aliphatic heterocycles. The molecule has 1 aromatic carbocycles. The zero-order valence-electron chi connectivity index (χ0n) is 9.58. The van der Waals surface area contributed by atoms with Crippen LogP contribution in [-0.4, -0.2) is 18.7 Å². The van der Waals surface area contributed by atoms with Crippen molar-refractivity contribution in [1.82, 2.24) is 4.81 Å². The molecule has 0 radical (unpaired) electrons. The molecule has 1 aromatic rings. The number of benzene rings is 1. The quantitative estimate of drug-likeness (QED) is 0.662. The van der Waals surface area contributed by atoms with Gasteiger partial charge in [0.15, 0.2) is 0 Å².